The number of hydrogen-bond donors (Lipinski definition) is 4. The average molecular weight is 286 g/mol. The molecule has 1 amide bonds. The molecule has 1 aliphatic rings. The van der Waals surface area contributed by atoms with Gasteiger partial charge in [-0.25, -0.2) is 0 Å². The van der Waals surface area contributed by atoms with Crippen LogP contribution in [-0.4, -0.2) is 40.3 Å². The molecule has 0 aromatic carbocycles. The predicted molar refractivity (Wildman–Crippen MR) is 75.1 cm³/mol. The van der Waals surface area contributed by atoms with Gasteiger partial charge in [0, 0.05) is 13.0 Å². The quantitative estimate of drug-likeness (QED) is 0.548. The third kappa shape index (κ3) is 5.46. The summed E-state index contributed by atoms with van der Waals surface area (Å²) in [7, 11) is 0. The van der Waals surface area contributed by atoms with Crippen LogP contribution in [0.3, 0.4) is 0 Å². The molecule has 0 spiro atoms. The highest BCUT2D eigenvalue weighted by molar-refractivity contribution is 5.82. The Balaban J connectivity index is 2.31. The van der Waals surface area contributed by atoms with E-state index >= 15 is 0 Å². The highest BCUT2D eigenvalue weighted by Gasteiger charge is 2.33. The van der Waals surface area contributed by atoms with E-state index in [4.69, 9.17) is 10.8 Å². The van der Waals surface area contributed by atoms with Crippen molar-refractivity contribution >= 4 is 11.9 Å². The SMILES string of the molecule is CCC1CCC(O)(CNC(=O)C(N)CCC(=O)O)CC1. The summed E-state index contributed by atoms with van der Waals surface area (Å²) in [6, 6.07) is -0.832. The monoisotopic (exact) mass is 286 g/mol. The lowest BCUT2D eigenvalue weighted by atomic mass is 9.78. The van der Waals surface area contributed by atoms with Gasteiger partial charge >= 0.3 is 5.97 Å². The van der Waals surface area contributed by atoms with Crippen LogP contribution in [0.5, 0.6) is 0 Å². The number of rotatable bonds is 7. The first-order chi connectivity index (χ1) is 9.36. The van der Waals surface area contributed by atoms with E-state index in [0.717, 1.165) is 19.3 Å². The van der Waals surface area contributed by atoms with Gasteiger partial charge in [0.15, 0.2) is 0 Å². The highest BCUT2D eigenvalue weighted by atomic mass is 16.4. The molecule has 20 heavy (non-hydrogen) atoms. The standard InChI is InChI=1S/C14H26N2O4/c1-2-10-5-7-14(20,8-6-10)9-16-13(19)11(15)3-4-12(17)18/h10-11,20H,2-9,15H2,1H3,(H,16,19)(H,17,18). The summed E-state index contributed by atoms with van der Waals surface area (Å²) in [5.74, 6) is -0.689. The van der Waals surface area contributed by atoms with Crippen molar-refractivity contribution in [3.63, 3.8) is 0 Å². The normalized spacial score (nSPS) is 27.9. The van der Waals surface area contributed by atoms with Gasteiger partial charge in [0.1, 0.15) is 0 Å². The minimum Gasteiger partial charge on any atom is -0.481 e. The number of amides is 1. The molecule has 0 saturated heterocycles. The maximum absolute atomic E-state index is 11.7. The van der Waals surface area contributed by atoms with Crippen LogP contribution >= 0.6 is 0 Å². The van der Waals surface area contributed by atoms with E-state index in [0.29, 0.717) is 18.8 Å². The van der Waals surface area contributed by atoms with Gasteiger partial charge in [-0.2, -0.15) is 0 Å². The van der Waals surface area contributed by atoms with E-state index in [-0.39, 0.29) is 19.4 Å². The van der Waals surface area contributed by atoms with Crippen molar-refractivity contribution in [2.45, 2.75) is 63.5 Å². The first-order valence-corrected chi connectivity index (χ1v) is 7.34. The third-order valence-electron chi connectivity index (χ3n) is 4.21. The number of aliphatic hydroxyl groups is 1. The van der Waals surface area contributed by atoms with Gasteiger partial charge in [0.2, 0.25) is 5.91 Å². The molecule has 116 valence electrons. The maximum atomic E-state index is 11.7. The summed E-state index contributed by atoms with van der Waals surface area (Å²) < 4.78 is 0. The van der Waals surface area contributed by atoms with Crippen molar-refractivity contribution < 1.29 is 19.8 Å². The van der Waals surface area contributed by atoms with Crippen molar-refractivity contribution in [3.8, 4) is 0 Å². The number of aliphatic carboxylic acids is 1. The summed E-state index contributed by atoms with van der Waals surface area (Å²) in [6.07, 6.45) is 4.45. The number of carboxylic acids is 1. The lowest BCUT2D eigenvalue weighted by Gasteiger charge is -2.36. The second kappa shape index (κ2) is 7.59. The maximum Gasteiger partial charge on any atom is 0.303 e. The lowest BCUT2D eigenvalue weighted by Crippen LogP contribution is -2.49. The first kappa shape index (κ1) is 16.9. The Kier molecular flexibility index (Phi) is 6.42. The summed E-state index contributed by atoms with van der Waals surface area (Å²) in [6.45, 7) is 2.35. The van der Waals surface area contributed by atoms with Crippen molar-refractivity contribution in [2.75, 3.05) is 6.54 Å². The Hall–Kier alpha value is -1.14. The van der Waals surface area contributed by atoms with E-state index < -0.39 is 23.5 Å². The van der Waals surface area contributed by atoms with Crippen LogP contribution < -0.4 is 11.1 Å². The zero-order valence-corrected chi connectivity index (χ0v) is 12.1. The molecule has 0 aromatic heterocycles. The Bertz CT molecular complexity index is 338. The highest BCUT2D eigenvalue weighted by Crippen LogP contribution is 2.33. The Morgan fingerprint density at radius 1 is 1.40 bits per heavy atom. The summed E-state index contributed by atoms with van der Waals surface area (Å²) in [5, 5.41) is 21.6. The predicted octanol–water partition coefficient (Wildman–Crippen LogP) is 0.626. The molecule has 1 aliphatic carbocycles. The first-order valence-electron chi connectivity index (χ1n) is 7.34. The fraction of sp³-hybridized carbons (Fsp3) is 0.857. The van der Waals surface area contributed by atoms with E-state index in [1.807, 2.05) is 0 Å². The van der Waals surface area contributed by atoms with Gasteiger partial charge in [-0.3, -0.25) is 9.59 Å². The van der Waals surface area contributed by atoms with Crippen LogP contribution in [0.2, 0.25) is 0 Å². The van der Waals surface area contributed by atoms with Crippen LogP contribution in [-0.2, 0) is 9.59 Å². The number of carbonyl (C=O) groups is 2. The topological polar surface area (TPSA) is 113 Å². The second-order valence-corrected chi connectivity index (χ2v) is 5.83. The van der Waals surface area contributed by atoms with Crippen molar-refractivity contribution in [1.82, 2.24) is 5.32 Å². The Labute approximate surface area is 119 Å². The van der Waals surface area contributed by atoms with Crippen LogP contribution in [0.25, 0.3) is 0 Å². The van der Waals surface area contributed by atoms with Crippen molar-refractivity contribution in [2.24, 2.45) is 11.7 Å². The van der Waals surface area contributed by atoms with Crippen molar-refractivity contribution in [3.05, 3.63) is 0 Å². The number of nitrogens with two attached hydrogens (primary N) is 1. The van der Waals surface area contributed by atoms with Crippen molar-refractivity contribution in [1.29, 1.82) is 0 Å². The van der Waals surface area contributed by atoms with Crippen LogP contribution in [0.1, 0.15) is 51.9 Å². The van der Waals surface area contributed by atoms with Gasteiger partial charge in [-0.1, -0.05) is 13.3 Å². The van der Waals surface area contributed by atoms with Gasteiger partial charge in [-0.05, 0) is 38.0 Å². The molecule has 0 radical (unpaired) electrons. The van der Waals surface area contributed by atoms with Gasteiger partial charge in [-0.15, -0.1) is 0 Å². The van der Waals surface area contributed by atoms with Gasteiger partial charge in [0.05, 0.1) is 11.6 Å². The molecule has 0 heterocycles. The Morgan fingerprint density at radius 3 is 2.50 bits per heavy atom. The number of carbonyl (C=O) groups excluding carboxylic acids is 1. The lowest BCUT2D eigenvalue weighted by molar-refractivity contribution is -0.137. The average Bonchev–Trinajstić information content (AvgIpc) is 2.43. The van der Waals surface area contributed by atoms with E-state index in [1.54, 1.807) is 0 Å². The third-order valence-corrected chi connectivity index (χ3v) is 4.21. The molecule has 5 N–H and O–H groups in total. The zero-order valence-electron chi connectivity index (χ0n) is 12.1. The number of hydrogen-bond acceptors (Lipinski definition) is 4. The fourth-order valence-electron chi connectivity index (χ4n) is 2.59. The molecule has 0 aromatic rings. The minimum absolute atomic E-state index is 0.109. The molecule has 1 saturated carbocycles. The second-order valence-electron chi connectivity index (χ2n) is 5.83. The molecule has 0 bridgehead atoms. The van der Waals surface area contributed by atoms with Crippen LogP contribution in [0, 0.1) is 5.92 Å². The van der Waals surface area contributed by atoms with E-state index in [1.165, 1.54) is 0 Å². The molecule has 1 rings (SSSR count). The molecule has 1 atom stereocenters. The van der Waals surface area contributed by atoms with Crippen LogP contribution in [0.15, 0.2) is 0 Å². The molecular formula is C14H26N2O4. The van der Waals surface area contributed by atoms with Gasteiger partial charge in [0.25, 0.3) is 0 Å². The number of carboxylic acid groups (broad SMARTS) is 1. The molecule has 1 fully saturated rings. The molecule has 6 heteroatoms. The van der Waals surface area contributed by atoms with E-state index in [9.17, 15) is 14.7 Å². The Morgan fingerprint density at radius 2 is 2.00 bits per heavy atom. The summed E-state index contributed by atoms with van der Waals surface area (Å²) in [5.41, 5.74) is 4.77. The number of nitrogens with one attached hydrogen (secondary N) is 1. The zero-order chi connectivity index (χ0) is 15.2. The molecule has 1 unspecified atom stereocenters. The van der Waals surface area contributed by atoms with E-state index in [2.05, 4.69) is 12.2 Å². The minimum atomic E-state index is -0.968. The molecule has 6 nitrogen and oxygen atoms in total. The smallest absolute Gasteiger partial charge is 0.303 e. The summed E-state index contributed by atoms with van der Waals surface area (Å²) >= 11 is 0. The largest absolute Gasteiger partial charge is 0.481 e. The summed E-state index contributed by atoms with van der Waals surface area (Å²) in [4.78, 5) is 22.1. The van der Waals surface area contributed by atoms with Crippen LogP contribution in [0.4, 0.5) is 0 Å². The molecular weight excluding hydrogens is 260 g/mol. The fourth-order valence-corrected chi connectivity index (χ4v) is 2.59. The molecule has 0 aliphatic heterocycles. The van der Waals surface area contributed by atoms with Gasteiger partial charge < -0.3 is 21.3 Å².